The molecule has 24 heavy (non-hydrogen) atoms. The Kier molecular flexibility index (Phi) is 47.9. The fraction of sp³-hybridized carbons (Fsp3) is 0.143. The summed E-state index contributed by atoms with van der Waals surface area (Å²) in [5.74, 6) is -2.50. The summed E-state index contributed by atoms with van der Waals surface area (Å²) in [4.78, 5) is 9.00. The van der Waals surface area contributed by atoms with Crippen LogP contribution in [0.2, 0.25) is 0 Å². The van der Waals surface area contributed by atoms with E-state index in [1.165, 1.54) is 0 Å². The maximum Gasteiger partial charge on any atom is 0.300 e. The second kappa shape index (κ2) is 31.3. The number of carboxylic acid groups (broad SMARTS) is 1. The first kappa shape index (κ1) is 36.8. The number of hydrogen-bond acceptors (Lipinski definition) is 6. The Morgan fingerprint density at radius 1 is 0.542 bits per heavy atom. The quantitative estimate of drug-likeness (QED) is 0.142. The van der Waals surface area contributed by atoms with Gasteiger partial charge in [0.05, 0.1) is 0 Å². The van der Waals surface area contributed by atoms with E-state index in [1.807, 2.05) is 0 Å². The molecular formula is C7H29N15O2. The molecule has 26 N–H and O–H groups in total. The summed E-state index contributed by atoms with van der Waals surface area (Å²) in [6.07, 6.45) is 0. The number of nitrogens with two attached hydrogens (primary N) is 10. The van der Waals surface area contributed by atoms with Crippen LogP contribution >= 0.6 is 0 Å². The van der Waals surface area contributed by atoms with Gasteiger partial charge in [0, 0.05) is 6.92 Å². The van der Waals surface area contributed by atoms with Crippen molar-refractivity contribution < 1.29 is 9.90 Å². The van der Waals surface area contributed by atoms with Gasteiger partial charge in [0.15, 0.2) is 29.8 Å². The highest BCUT2D eigenvalue weighted by Crippen LogP contribution is 1.42. The Bertz CT molecular complexity index is 261. The van der Waals surface area contributed by atoms with E-state index in [0.717, 1.165) is 6.92 Å². The summed E-state index contributed by atoms with van der Waals surface area (Å²) in [6.45, 7) is 1.08. The maximum absolute atomic E-state index is 9.00. The summed E-state index contributed by atoms with van der Waals surface area (Å²) in [5.41, 5.74) is 44.7. The van der Waals surface area contributed by atoms with E-state index in [4.69, 9.17) is 36.9 Å². The lowest BCUT2D eigenvalue weighted by atomic mass is 10.9. The van der Waals surface area contributed by atoms with Crippen molar-refractivity contribution in [1.29, 1.82) is 27.0 Å². The molecule has 0 aliphatic carbocycles. The van der Waals surface area contributed by atoms with Crippen molar-refractivity contribution in [3.63, 3.8) is 0 Å². The largest absolute Gasteiger partial charge is 0.481 e. The first-order valence-electron chi connectivity index (χ1n) is 5.06. The third-order valence-electron chi connectivity index (χ3n) is 0. The average molecular weight is 355 g/mol. The number of rotatable bonds is 0. The summed E-state index contributed by atoms with van der Waals surface area (Å²) < 4.78 is 0. The molecule has 0 aliphatic rings. The summed E-state index contributed by atoms with van der Waals surface area (Å²) in [7, 11) is 0. The molecule has 144 valence electrons. The van der Waals surface area contributed by atoms with Crippen molar-refractivity contribution >= 4 is 35.8 Å². The van der Waals surface area contributed by atoms with E-state index < -0.39 is 5.97 Å². The van der Waals surface area contributed by atoms with Gasteiger partial charge in [0.1, 0.15) is 0 Å². The smallest absolute Gasteiger partial charge is 0.300 e. The third kappa shape index (κ3) is 289. The van der Waals surface area contributed by atoms with Crippen LogP contribution in [0.15, 0.2) is 0 Å². The molecule has 0 saturated heterocycles. The second-order valence-corrected chi connectivity index (χ2v) is 2.80. The van der Waals surface area contributed by atoms with Crippen LogP contribution in [0.3, 0.4) is 0 Å². The minimum absolute atomic E-state index is 0.333. The average Bonchev–Trinajstić information content (AvgIpc) is 2.08. The monoisotopic (exact) mass is 355 g/mol. The van der Waals surface area contributed by atoms with Gasteiger partial charge < -0.3 is 62.4 Å². The molecule has 0 amide bonds. The van der Waals surface area contributed by atoms with Gasteiger partial charge >= 0.3 is 0 Å². The van der Waals surface area contributed by atoms with E-state index in [0.29, 0.717) is 0 Å². The lowest BCUT2D eigenvalue weighted by Gasteiger charge is -1.69. The molecule has 17 nitrogen and oxygen atoms in total. The summed E-state index contributed by atoms with van der Waals surface area (Å²) in [5, 5.41) is 37.7. The fourth-order valence-electron chi connectivity index (χ4n) is 0. The molecule has 0 aromatic carbocycles. The van der Waals surface area contributed by atoms with Gasteiger partial charge in [0.25, 0.3) is 5.97 Å². The van der Waals surface area contributed by atoms with Gasteiger partial charge in [-0.3, -0.25) is 31.8 Å². The topological polar surface area (TPSA) is 417 Å². The molecule has 0 radical (unpaired) electrons. The number of nitrogens with one attached hydrogen (secondary N) is 5. The predicted octanol–water partition coefficient (Wildman–Crippen LogP) is -5.72. The molecule has 0 bridgehead atoms. The SMILES string of the molecule is CC(=O)O.N=C(N)N.N=C(N)N.N=C(N)N.N=C(N)N.N=C(N)N. The van der Waals surface area contributed by atoms with Crippen molar-refractivity contribution in [1.82, 2.24) is 0 Å². The lowest BCUT2D eigenvalue weighted by Crippen LogP contribution is -2.20. The van der Waals surface area contributed by atoms with Crippen LogP contribution in [0, 0.1) is 27.0 Å². The number of carboxylic acids is 1. The highest BCUT2D eigenvalue weighted by molar-refractivity contribution is 5.72. The maximum atomic E-state index is 9.00. The predicted molar refractivity (Wildman–Crippen MR) is 93.8 cm³/mol. The molecule has 0 unspecified atom stereocenters. The van der Waals surface area contributed by atoms with E-state index in [2.05, 4.69) is 57.3 Å². The van der Waals surface area contributed by atoms with Gasteiger partial charge in [-0.25, -0.2) is 0 Å². The number of hydrogen-bond donors (Lipinski definition) is 16. The van der Waals surface area contributed by atoms with Gasteiger partial charge in [0.2, 0.25) is 0 Å². The van der Waals surface area contributed by atoms with Gasteiger partial charge in [-0.05, 0) is 0 Å². The first-order valence-corrected chi connectivity index (χ1v) is 5.06. The molecule has 0 heterocycles. The molecule has 0 fully saturated rings. The Labute approximate surface area is 138 Å². The molecule has 17 heteroatoms. The lowest BCUT2D eigenvalue weighted by molar-refractivity contribution is -0.134. The van der Waals surface area contributed by atoms with Crippen LogP contribution in [0.5, 0.6) is 0 Å². The molecule has 0 aliphatic heterocycles. The van der Waals surface area contributed by atoms with E-state index in [9.17, 15) is 0 Å². The van der Waals surface area contributed by atoms with Crippen LogP contribution in [0.1, 0.15) is 6.92 Å². The van der Waals surface area contributed by atoms with Gasteiger partial charge in [-0.2, -0.15) is 0 Å². The molecule has 0 aromatic rings. The second-order valence-electron chi connectivity index (χ2n) is 2.80. The van der Waals surface area contributed by atoms with Crippen LogP contribution in [0.25, 0.3) is 0 Å². The van der Waals surface area contributed by atoms with Crippen molar-refractivity contribution in [3.05, 3.63) is 0 Å². The molecule has 0 atom stereocenters. The van der Waals surface area contributed by atoms with Crippen molar-refractivity contribution in [2.45, 2.75) is 6.92 Å². The zero-order valence-corrected chi connectivity index (χ0v) is 13.1. The number of aliphatic carboxylic acids is 1. The molecular weight excluding hydrogens is 326 g/mol. The Hall–Kier alpha value is -4.18. The van der Waals surface area contributed by atoms with E-state index in [1.54, 1.807) is 0 Å². The minimum Gasteiger partial charge on any atom is -0.481 e. The molecule has 0 saturated carbocycles. The van der Waals surface area contributed by atoms with E-state index in [-0.39, 0.29) is 29.8 Å². The highest BCUT2D eigenvalue weighted by Gasteiger charge is 1.65. The summed E-state index contributed by atoms with van der Waals surface area (Å²) in [6, 6.07) is 0. The molecule has 0 rings (SSSR count). The van der Waals surface area contributed by atoms with Gasteiger partial charge in [-0.1, -0.05) is 0 Å². The van der Waals surface area contributed by atoms with Crippen molar-refractivity contribution in [2.75, 3.05) is 0 Å². The zero-order valence-electron chi connectivity index (χ0n) is 13.1. The standard InChI is InChI=1S/C2H4O2.5CH5N3/c1-2(3)4;5*2-1(3)4/h1H3,(H,3,4);5*(H5,2,3,4). The van der Waals surface area contributed by atoms with Crippen LogP contribution in [0.4, 0.5) is 0 Å². The van der Waals surface area contributed by atoms with Crippen molar-refractivity contribution in [2.24, 2.45) is 57.3 Å². The normalized spacial score (nSPS) is 6.04. The first-order chi connectivity index (χ1) is 10.4. The zero-order chi connectivity index (χ0) is 21.5. The fourth-order valence-corrected chi connectivity index (χ4v) is 0. The van der Waals surface area contributed by atoms with Crippen LogP contribution in [-0.4, -0.2) is 40.9 Å². The molecule has 0 aromatic heterocycles. The minimum atomic E-state index is -0.833. The number of carbonyl (C=O) groups is 1. The Morgan fingerprint density at radius 2 is 0.542 bits per heavy atom. The van der Waals surface area contributed by atoms with Crippen molar-refractivity contribution in [3.8, 4) is 0 Å². The Morgan fingerprint density at radius 3 is 0.542 bits per heavy atom. The van der Waals surface area contributed by atoms with Crippen LogP contribution < -0.4 is 57.3 Å². The Balaban J connectivity index is -0.0000000405. The number of guanidine groups is 5. The third-order valence-corrected chi connectivity index (χ3v) is 0. The highest BCUT2D eigenvalue weighted by atomic mass is 16.4. The van der Waals surface area contributed by atoms with E-state index >= 15 is 0 Å². The molecule has 0 spiro atoms. The van der Waals surface area contributed by atoms with Gasteiger partial charge in [-0.15, -0.1) is 0 Å². The summed E-state index contributed by atoms with van der Waals surface area (Å²) >= 11 is 0. The van der Waals surface area contributed by atoms with Crippen LogP contribution in [-0.2, 0) is 4.79 Å².